The summed E-state index contributed by atoms with van der Waals surface area (Å²) in [6.45, 7) is 3.64. The highest BCUT2D eigenvalue weighted by Gasteiger charge is 2.34. The molecule has 0 heterocycles. The summed E-state index contributed by atoms with van der Waals surface area (Å²) in [6.07, 6.45) is 0.574. The van der Waals surface area contributed by atoms with Gasteiger partial charge in [-0.05, 0) is 37.6 Å². The molecule has 1 rings (SSSR count). The molecule has 0 saturated heterocycles. The number of thiocarbonyl (C=S) groups is 1. The lowest BCUT2D eigenvalue weighted by molar-refractivity contribution is -0.121. The van der Waals surface area contributed by atoms with Gasteiger partial charge in [0.2, 0.25) is 5.91 Å². The van der Waals surface area contributed by atoms with Gasteiger partial charge in [-0.3, -0.25) is 4.79 Å². The Bertz CT molecular complexity index is 433. The zero-order chi connectivity index (χ0) is 13.1. The molecule has 1 aromatic carbocycles. The molecule has 0 bridgehead atoms. The van der Waals surface area contributed by atoms with E-state index in [9.17, 15) is 4.79 Å². The molecule has 3 nitrogen and oxygen atoms in total. The molecular weight excluding hydrogens is 300 g/mol. The highest BCUT2D eigenvalue weighted by atomic mass is 79.9. The number of nitrogens with one attached hydrogen (secondary N) is 1. The van der Waals surface area contributed by atoms with Crippen LogP contribution in [0.2, 0.25) is 0 Å². The first-order valence-corrected chi connectivity index (χ1v) is 6.47. The second kappa shape index (κ2) is 5.60. The molecule has 1 atom stereocenters. The predicted molar refractivity (Wildman–Crippen MR) is 78.0 cm³/mol. The fourth-order valence-electron chi connectivity index (χ4n) is 1.25. The summed E-state index contributed by atoms with van der Waals surface area (Å²) in [5, 5.41) is 2.81. The smallest absolute Gasteiger partial charge is 0.237 e. The van der Waals surface area contributed by atoms with Gasteiger partial charge in [0.15, 0.2) is 0 Å². The largest absolute Gasteiger partial charge is 0.392 e. The molecule has 0 saturated carbocycles. The third kappa shape index (κ3) is 3.26. The number of hydrogen-bond acceptors (Lipinski definition) is 2. The summed E-state index contributed by atoms with van der Waals surface area (Å²) >= 11 is 8.29. The second-order valence-corrected chi connectivity index (χ2v) is 5.37. The summed E-state index contributed by atoms with van der Waals surface area (Å²) < 4.78 is 0.961. The van der Waals surface area contributed by atoms with Crippen molar-refractivity contribution in [2.24, 2.45) is 11.1 Å². The number of amides is 1. The number of carbonyl (C=O) groups excluding carboxylic acids is 1. The maximum atomic E-state index is 12.1. The van der Waals surface area contributed by atoms with Crippen LogP contribution < -0.4 is 11.1 Å². The van der Waals surface area contributed by atoms with Crippen molar-refractivity contribution in [2.45, 2.75) is 20.3 Å². The Labute approximate surface area is 115 Å². The van der Waals surface area contributed by atoms with Crippen LogP contribution in [0.1, 0.15) is 20.3 Å². The van der Waals surface area contributed by atoms with E-state index in [0.717, 1.165) is 10.2 Å². The summed E-state index contributed by atoms with van der Waals surface area (Å²) in [5.74, 6) is -0.171. The molecule has 0 radical (unpaired) electrons. The third-order valence-corrected chi connectivity index (χ3v) is 3.83. The maximum absolute atomic E-state index is 12.1. The predicted octanol–water partition coefficient (Wildman–Crippen LogP) is 3.09. The van der Waals surface area contributed by atoms with Gasteiger partial charge in [0, 0.05) is 10.2 Å². The van der Waals surface area contributed by atoms with Gasteiger partial charge in [-0.1, -0.05) is 35.1 Å². The van der Waals surface area contributed by atoms with Crippen molar-refractivity contribution in [2.75, 3.05) is 5.32 Å². The van der Waals surface area contributed by atoms with Gasteiger partial charge >= 0.3 is 0 Å². The van der Waals surface area contributed by atoms with Gasteiger partial charge in [-0.15, -0.1) is 0 Å². The molecule has 3 N–H and O–H groups in total. The monoisotopic (exact) mass is 314 g/mol. The minimum Gasteiger partial charge on any atom is -0.392 e. The molecule has 0 aliphatic heterocycles. The van der Waals surface area contributed by atoms with Crippen LogP contribution in [-0.2, 0) is 4.79 Å². The summed E-state index contributed by atoms with van der Waals surface area (Å²) in [6, 6.07) is 7.36. The van der Waals surface area contributed by atoms with Gasteiger partial charge in [0.05, 0.1) is 10.4 Å². The Balaban J connectivity index is 2.85. The number of benzene rings is 1. The zero-order valence-electron chi connectivity index (χ0n) is 9.79. The first-order chi connectivity index (χ1) is 7.90. The van der Waals surface area contributed by atoms with Crippen LogP contribution in [0.3, 0.4) is 0 Å². The standard InChI is InChI=1S/C12H15BrN2OS/c1-3-12(2,10(14)17)11(16)15-9-6-4-8(13)5-7-9/h4-7H,3H2,1-2H3,(H2,14,17)(H,15,16). The van der Waals surface area contributed by atoms with Gasteiger partial charge in [-0.2, -0.15) is 0 Å². The van der Waals surface area contributed by atoms with Crippen LogP contribution in [0.25, 0.3) is 0 Å². The Morgan fingerprint density at radius 3 is 2.41 bits per heavy atom. The van der Waals surface area contributed by atoms with Gasteiger partial charge in [0.1, 0.15) is 0 Å². The molecule has 0 fully saturated rings. The minimum absolute atomic E-state index is 0.171. The average Bonchev–Trinajstić information content (AvgIpc) is 2.30. The molecule has 0 aliphatic rings. The molecule has 17 heavy (non-hydrogen) atoms. The number of rotatable bonds is 4. The molecule has 1 aromatic rings. The second-order valence-electron chi connectivity index (χ2n) is 4.01. The van der Waals surface area contributed by atoms with Gasteiger partial charge < -0.3 is 11.1 Å². The highest BCUT2D eigenvalue weighted by molar-refractivity contribution is 9.10. The van der Waals surface area contributed by atoms with Crippen molar-refractivity contribution in [1.29, 1.82) is 0 Å². The Kier molecular flexibility index (Phi) is 4.65. The van der Waals surface area contributed by atoms with E-state index in [-0.39, 0.29) is 10.9 Å². The Hall–Kier alpha value is -0.940. The lowest BCUT2D eigenvalue weighted by Gasteiger charge is -2.25. The summed E-state index contributed by atoms with van der Waals surface area (Å²) in [4.78, 5) is 12.3. The normalized spacial score (nSPS) is 13.8. The van der Waals surface area contributed by atoms with Crippen LogP contribution in [0.5, 0.6) is 0 Å². The van der Waals surface area contributed by atoms with Crippen molar-refractivity contribution in [3.8, 4) is 0 Å². The van der Waals surface area contributed by atoms with E-state index < -0.39 is 5.41 Å². The lowest BCUT2D eigenvalue weighted by atomic mass is 9.86. The molecule has 5 heteroatoms. The minimum atomic E-state index is -0.803. The van der Waals surface area contributed by atoms with Crippen LogP contribution in [0, 0.1) is 5.41 Å². The third-order valence-electron chi connectivity index (χ3n) is 2.85. The number of nitrogens with two attached hydrogens (primary N) is 1. The van der Waals surface area contributed by atoms with E-state index in [0.29, 0.717) is 6.42 Å². The Morgan fingerprint density at radius 2 is 2.00 bits per heavy atom. The average molecular weight is 315 g/mol. The van der Waals surface area contributed by atoms with Gasteiger partial charge in [0.25, 0.3) is 0 Å². The fraction of sp³-hybridized carbons (Fsp3) is 0.333. The lowest BCUT2D eigenvalue weighted by Crippen LogP contribution is -2.43. The van der Waals surface area contributed by atoms with Crippen LogP contribution in [0.4, 0.5) is 5.69 Å². The molecule has 92 valence electrons. The Morgan fingerprint density at radius 1 is 1.47 bits per heavy atom. The zero-order valence-corrected chi connectivity index (χ0v) is 12.2. The first-order valence-electron chi connectivity index (χ1n) is 5.27. The molecule has 0 aliphatic carbocycles. The SMILES string of the molecule is CCC(C)(C(=O)Nc1ccc(Br)cc1)C(N)=S. The van der Waals surface area contributed by atoms with Crippen LogP contribution in [0.15, 0.2) is 28.7 Å². The van der Waals surface area contributed by atoms with Crippen molar-refractivity contribution >= 4 is 44.7 Å². The number of carbonyl (C=O) groups is 1. The van der Waals surface area contributed by atoms with Crippen molar-refractivity contribution in [3.63, 3.8) is 0 Å². The first kappa shape index (κ1) is 14.1. The summed E-state index contributed by atoms with van der Waals surface area (Å²) in [5.41, 5.74) is 5.55. The van der Waals surface area contributed by atoms with E-state index in [1.165, 1.54) is 0 Å². The van der Waals surface area contributed by atoms with Crippen LogP contribution in [-0.4, -0.2) is 10.9 Å². The van der Waals surface area contributed by atoms with Crippen molar-refractivity contribution in [1.82, 2.24) is 0 Å². The molecular formula is C12H15BrN2OS. The molecule has 1 unspecified atom stereocenters. The van der Waals surface area contributed by atoms with Crippen LogP contribution >= 0.6 is 28.1 Å². The number of halogens is 1. The molecule has 0 aromatic heterocycles. The quantitative estimate of drug-likeness (QED) is 0.840. The number of anilines is 1. The van der Waals surface area contributed by atoms with Gasteiger partial charge in [-0.25, -0.2) is 0 Å². The van der Waals surface area contributed by atoms with Crippen molar-refractivity contribution < 1.29 is 4.79 Å². The fourth-order valence-corrected chi connectivity index (χ4v) is 1.75. The maximum Gasteiger partial charge on any atom is 0.237 e. The van der Waals surface area contributed by atoms with Crippen molar-refractivity contribution in [3.05, 3.63) is 28.7 Å². The van der Waals surface area contributed by atoms with E-state index in [4.69, 9.17) is 18.0 Å². The highest BCUT2D eigenvalue weighted by Crippen LogP contribution is 2.24. The topological polar surface area (TPSA) is 55.1 Å². The number of hydrogen-bond donors (Lipinski definition) is 2. The van der Waals surface area contributed by atoms with E-state index in [1.54, 1.807) is 6.92 Å². The molecule has 0 spiro atoms. The van der Waals surface area contributed by atoms with E-state index in [1.807, 2.05) is 31.2 Å². The van der Waals surface area contributed by atoms with E-state index >= 15 is 0 Å². The van der Waals surface area contributed by atoms with E-state index in [2.05, 4.69) is 21.2 Å². The molecule has 1 amide bonds. The summed E-state index contributed by atoms with van der Waals surface area (Å²) in [7, 11) is 0.